The van der Waals surface area contributed by atoms with Gasteiger partial charge in [-0.1, -0.05) is 24.3 Å². The summed E-state index contributed by atoms with van der Waals surface area (Å²) in [5.74, 6) is -1.27. The molecule has 1 atom stereocenters. The van der Waals surface area contributed by atoms with Crippen molar-refractivity contribution in [1.29, 1.82) is 0 Å². The summed E-state index contributed by atoms with van der Waals surface area (Å²) in [5, 5.41) is 14.5. The van der Waals surface area contributed by atoms with Gasteiger partial charge in [-0.2, -0.15) is 0 Å². The summed E-state index contributed by atoms with van der Waals surface area (Å²) in [6.07, 6.45) is 0.447. The highest BCUT2D eigenvalue weighted by molar-refractivity contribution is 5.92. The maximum absolute atomic E-state index is 12.3. The van der Waals surface area contributed by atoms with Crippen LogP contribution in [0.5, 0.6) is 5.75 Å². The third-order valence-corrected chi connectivity index (χ3v) is 4.34. The number of carboxylic acid groups (broad SMARTS) is 1. The molecule has 0 radical (unpaired) electrons. The van der Waals surface area contributed by atoms with Gasteiger partial charge in [0.2, 0.25) is 0 Å². The summed E-state index contributed by atoms with van der Waals surface area (Å²) < 4.78 is 5.48. The van der Waals surface area contributed by atoms with Crippen LogP contribution in [0.3, 0.4) is 0 Å². The van der Waals surface area contributed by atoms with Crippen molar-refractivity contribution in [3.05, 3.63) is 54.6 Å². The summed E-state index contributed by atoms with van der Waals surface area (Å²) in [7, 11) is 0. The van der Waals surface area contributed by atoms with E-state index >= 15 is 0 Å². The lowest BCUT2D eigenvalue weighted by Crippen LogP contribution is -2.33. The largest absolute Gasteiger partial charge is 0.484 e. The average molecular weight is 383 g/mol. The van der Waals surface area contributed by atoms with Crippen LogP contribution in [0, 0.1) is 5.92 Å². The van der Waals surface area contributed by atoms with E-state index in [-0.39, 0.29) is 25.1 Å². The second-order valence-electron chi connectivity index (χ2n) is 6.43. The number of carbonyl (C=O) groups is 3. The lowest BCUT2D eigenvalue weighted by molar-refractivity contribution is -0.141. The predicted octanol–water partition coefficient (Wildman–Crippen LogP) is 2.64. The van der Waals surface area contributed by atoms with E-state index in [1.165, 1.54) is 4.90 Å². The Labute approximate surface area is 162 Å². The Balaban J connectivity index is 1.50. The van der Waals surface area contributed by atoms with Crippen molar-refractivity contribution < 1.29 is 24.2 Å². The van der Waals surface area contributed by atoms with Gasteiger partial charge in [-0.25, -0.2) is 4.79 Å². The van der Waals surface area contributed by atoms with Crippen molar-refractivity contribution >= 4 is 29.3 Å². The number of anilines is 2. The Morgan fingerprint density at radius 2 is 1.79 bits per heavy atom. The van der Waals surface area contributed by atoms with Crippen molar-refractivity contribution in [1.82, 2.24) is 4.90 Å². The molecular formula is C20H21N3O5. The summed E-state index contributed by atoms with van der Waals surface area (Å²) in [5.41, 5.74) is 1.19. The van der Waals surface area contributed by atoms with Crippen molar-refractivity contribution in [3.8, 4) is 5.75 Å². The Morgan fingerprint density at radius 3 is 2.50 bits per heavy atom. The molecule has 2 aromatic rings. The van der Waals surface area contributed by atoms with Gasteiger partial charge in [0.05, 0.1) is 5.92 Å². The molecule has 0 aromatic heterocycles. The molecule has 3 N–H and O–H groups in total. The van der Waals surface area contributed by atoms with E-state index in [1.54, 1.807) is 36.4 Å². The zero-order valence-corrected chi connectivity index (χ0v) is 15.1. The molecule has 146 valence electrons. The highest BCUT2D eigenvalue weighted by Gasteiger charge is 2.30. The molecule has 1 aliphatic rings. The van der Waals surface area contributed by atoms with Crippen LogP contribution in [-0.4, -0.2) is 47.6 Å². The number of nitrogens with zero attached hydrogens (tertiary/aromatic N) is 1. The van der Waals surface area contributed by atoms with Gasteiger partial charge in [-0.3, -0.25) is 9.59 Å². The average Bonchev–Trinajstić information content (AvgIpc) is 3.18. The number of aliphatic carboxylic acids is 1. The molecule has 1 saturated heterocycles. The zero-order chi connectivity index (χ0) is 19.9. The molecular weight excluding hydrogens is 362 g/mol. The van der Waals surface area contributed by atoms with Gasteiger partial charge in [0.1, 0.15) is 5.75 Å². The quantitative estimate of drug-likeness (QED) is 0.711. The van der Waals surface area contributed by atoms with Crippen LogP contribution >= 0.6 is 0 Å². The first-order valence-corrected chi connectivity index (χ1v) is 8.88. The summed E-state index contributed by atoms with van der Waals surface area (Å²) >= 11 is 0. The first-order chi connectivity index (χ1) is 13.5. The van der Waals surface area contributed by atoms with E-state index in [4.69, 9.17) is 9.84 Å². The highest BCUT2D eigenvalue weighted by Crippen LogP contribution is 2.20. The van der Waals surface area contributed by atoms with Crippen LogP contribution in [0.1, 0.15) is 6.42 Å². The third kappa shape index (κ3) is 5.23. The number of carbonyl (C=O) groups excluding carboxylic acids is 2. The smallest absolute Gasteiger partial charge is 0.321 e. The standard InChI is InChI=1S/C20H21N3O5/c24-18(21-15-5-2-1-3-6-15)13-28-17-8-4-7-16(11-17)22-20(27)23-10-9-14(12-23)19(25)26/h1-8,11,14H,9-10,12-13H2,(H,21,24)(H,22,27)(H,25,26). The van der Waals surface area contributed by atoms with Crippen LogP contribution in [0.4, 0.5) is 16.2 Å². The molecule has 0 saturated carbocycles. The van der Waals surface area contributed by atoms with Gasteiger partial charge in [0.15, 0.2) is 6.61 Å². The Kier molecular flexibility index (Phi) is 6.11. The maximum Gasteiger partial charge on any atom is 0.321 e. The normalized spacial score (nSPS) is 15.7. The number of amides is 3. The van der Waals surface area contributed by atoms with E-state index in [1.807, 2.05) is 18.2 Å². The van der Waals surface area contributed by atoms with Gasteiger partial charge in [0, 0.05) is 30.5 Å². The molecule has 28 heavy (non-hydrogen) atoms. The van der Waals surface area contributed by atoms with Crippen molar-refractivity contribution in [2.24, 2.45) is 5.92 Å². The second-order valence-corrected chi connectivity index (χ2v) is 6.43. The van der Waals surface area contributed by atoms with Gasteiger partial charge in [-0.15, -0.1) is 0 Å². The lowest BCUT2D eigenvalue weighted by Gasteiger charge is -2.17. The van der Waals surface area contributed by atoms with Crippen molar-refractivity contribution in [2.75, 3.05) is 30.3 Å². The number of rotatable bonds is 6. The van der Waals surface area contributed by atoms with Gasteiger partial charge in [-0.05, 0) is 30.7 Å². The fourth-order valence-corrected chi connectivity index (χ4v) is 2.88. The molecule has 8 nitrogen and oxygen atoms in total. The molecule has 0 bridgehead atoms. The van der Waals surface area contributed by atoms with E-state index in [0.29, 0.717) is 30.1 Å². The zero-order valence-electron chi connectivity index (χ0n) is 15.1. The fraction of sp³-hybridized carbons (Fsp3) is 0.250. The number of urea groups is 1. The number of carboxylic acids is 1. The summed E-state index contributed by atoms with van der Waals surface area (Å²) in [4.78, 5) is 36.7. The third-order valence-electron chi connectivity index (χ3n) is 4.34. The topological polar surface area (TPSA) is 108 Å². The summed E-state index contributed by atoms with van der Waals surface area (Å²) in [6, 6.07) is 15.4. The number of likely N-dealkylation sites (tertiary alicyclic amines) is 1. The van der Waals surface area contributed by atoms with Crippen LogP contribution in [0.2, 0.25) is 0 Å². The number of benzene rings is 2. The number of para-hydroxylation sites is 1. The second kappa shape index (κ2) is 8.90. The van der Waals surface area contributed by atoms with E-state index in [0.717, 1.165) is 0 Å². The first-order valence-electron chi connectivity index (χ1n) is 8.88. The molecule has 1 aliphatic heterocycles. The monoisotopic (exact) mass is 383 g/mol. The number of nitrogens with one attached hydrogen (secondary N) is 2. The minimum Gasteiger partial charge on any atom is -0.484 e. The van der Waals surface area contributed by atoms with Crippen LogP contribution < -0.4 is 15.4 Å². The van der Waals surface area contributed by atoms with Crippen LogP contribution in [0.15, 0.2) is 54.6 Å². The molecule has 0 spiro atoms. The van der Waals surface area contributed by atoms with E-state index in [9.17, 15) is 14.4 Å². The molecule has 2 aromatic carbocycles. The van der Waals surface area contributed by atoms with Crippen LogP contribution in [-0.2, 0) is 9.59 Å². The van der Waals surface area contributed by atoms with Gasteiger partial charge in [0.25, 0.3) is 5.91 Å². The lowest BCUT2D eigenvalue weighted by atomic mass is 10.1. The molecule has 1 fully saturated rings. The first kappa shape index (κ1) is 19.2. The number of hydrogen-bond donors (Lipinski definition) is 3. The van der Waals surface area contributed by atoms with Crippen molar-refractivity contribution in [2.45, 2.75) is 6.42 Å². The van der Waals surface area contributed by atoms with Crippen LogP contribution in [0.25, 0.3) is 0 Å². The predicted molar refractivity (Wildman–Crippen MR) is 103 cm³/mol. The summed E-state index contributed by atoms with van der Waals surface area (Å²) in [6.45, 7) is 0.425. The minimum atomic E-state index is -0.889. The molecule has 1 unspecified atom stereocenters. The molecule has 1 heterocycles. The Bertz CT molecular complexity index is 856. The number of hydrogen-bond acceptors (Lipinski definition) is 4. The Hall–Kier alpha value is -3.55. The Morgan fingerprint density at radius 1 is 1.04 bits per heavy atom. The SMILES string of the molecule is O=C(COc1cccc(NC(=O)N2CCC(C(=O)O)C2)c1)Nc1ccccc1. The van der Waals surface area contributed by atoms with Gasteiger partial charge >= 0.3 is 12.0 Å². The van der Waals surface area contributed by atoms with Crippen molar-refractivity contribution in [3.63, 3.8) is 0 Å². The minimum absolute atomic E-state index is 0.168. The molecule has 3 amide bonds. The highest BCUT2D eigenvalue weighted by atomic mass is 16.5. The molecule has 8 heteroatoms. The van der Waals surface area contributed by atoms with E-state index < -0.39 is 11.9 Å². The van der Waals surface area contributed by atoms with E-state index in [2.05, 4.69) is 10.6 Å². The van der Waals surface area contributed by atoms with Gasteiger partial charge < -0.3 is 25.4 Å². The number of ether oxygens (including phenoxy) is 1. The molecule has 3 rings (SSSR count). The fourth-order valence-electron chi connectivity index (χ4n) is 2.88. The molecule has 0 aliphatic carbocycles. The maximum atomic E-state index is 12.3.